The molecule has 4 rings (SSSR count). The largest absolute Gasteiger partial charge is 0.367 e. The van der Waals surface area contributed by atoms with E-state index < -0.39 is 0 Å². The predicted octanol–water partition coefficient (Wildman–Crippen LogP) is 6.64. The van der Waals surface area contributed by atoms with E-state index in [9.17, 15) is 4.79 Å². The quantitative estimate of drug-likeness (QED) is 0.436. The number of aromatic amines is 1. The summed E-state index contributed by atoms with van der Waals surface area (Å²) in [6.45, 7) is 8.83. The van der Waals surface area contributed by atoms with E-state index in [4.69, 9.17) is 4.98 Å². The molecule has 0 spiro atoms. The van der Waals surface area contributed by atoms with Gasteiger partial charge in [-0.05, 0) is 61.8 Å². The molecule has 0 bridgehead atoms. The van der Waals surface area contributed by atoms with E-state index in [1.54, 1.807) is 0 Å². The number of fused-ring (bicyclic) bond motifs is 3. The first-order valence-corrected chi connectivity index (χ1v) is 11.2. The topological polar surface area (TPSA) is 57.8 Å². The van der Waals surface area contributed by atoms with Crippen LogP contribution in [0.1, 0.15) is 58.9 Å². The summed E-state index contributed by atoms with van der Waals surface area (Å²) >= 11 is 3.58. The van der Waals surface area contributed by atoms with Gasteiger partial charge in [-0.15, -0.1) is 0 Å². The third-order valence-corrected chi connectivity index (χ3v) is 6.58. The number of anilines is 1. The number of aromatic nitrogens is 2. The molecule has 0 fully saturated rings. The summed E-state index contributed by atoms with van der Waals surface area (Å²) in [4.78, 5) is 20.9. The Morgan fingerprint density at radius 3 is 2.69 bits per heavy atom. The molecular weight excluding hydrogens is 426 g/mol. The van der Waals surface area contributed by atoms with Gasteiger partial charge in [0.25, 0.3) is 5.56 Å². The van der Waals surface area contributed by atoms with Gasteiger partial charge in [0.2, 0.25) is 0 Å². The van der Waals surface area contributed by atoms with E-state index in [0.29, 0.717) is 5.39 Å². The summed E-state index contributed by atoms with van der Waals surface area (Å²) in [5.74, 6) is 0.839. The minimum absolute atomic E-state index is 0.0845. The normalized spacial score (nSPS) is 16.1. The van der Waals surface area contributed by atoms with Crippen LogP contribution < -0.4 is 10.9 Å². The smallest absolute Gasteiger partial charge is 0.258 e. The molecule has 152 valence electrons. The van der Waals surface area contributed by atoms with Gasteiger partial charge in [0.05, 0.1) is 10.9 Å². The Bertz CT molecular complexity index is 1170. The van der Waals surface area contributed by atoms with Crippen molar-refractivity contribution in [1.82, 2.24) is 9.97 Å². The Balaban J connectivity index is 2.04. The summed E-state index contributed by atoms with van der Waals surface area (Å²) in [5, 5.41) is 6.19. The fourth-order valence-corrected chi connectivity index (χ4v) is 4.21. The van der Waals surface area contributed by atoms with E-state index in [2.05, 4.69) is 60.0 Å². The van der Waals surface area contributed by atoms with Crippen molar-refractivity contribution in [3.05, 3.63) is 50.9 Å². The zero-order valence-corrected chi connectivity index (χ0v) is 19.1. The zero-order valence-electron chi connectivity index (χ0n) is 17.5. The molecule has 1 aliphatic rings. The number of hydrogen-bond acceptors (Lipinski definition) is 3. The van der Waals surface area contributed by atoms with Gasteiger partial charge in [-0.1, -0.05) is 42.8 Å². The number of pyridine rings is 2. The Labute approximate surface area is 179 Å². The molecule has 1 aromatic carbocycles. The van der Waals surface area contributed by atoms with E-state index in [-0.39, 0.29) is 17.0 Å². The highest BCUT2D eigenvalue weighted by Crippen LogP contribution is 2.36. The summed E-state index contributed by atoms with van der Waals surface area (Å²) in [6, 6.07) is 6.29. The number of H-pyrrole nitrogens is 1. The molecule has 0 radical (unpaired) electrons. The highest BCUT2D eigenvalue weighted by molar-refractivity contribution is 9.10. The maximum Gasteiger partial charge on any atom is 0.258 e. The van der Waals surface area contributed by atoms with Gasteiger partial charge in [-0.3, -0.25) is 4.79 Å². The first-order valence-electron chi connectivity index (χ1n) is 10.4. The van der Waals surface area contributed by atoms with Gasteiger partial charge in [-0.25, -0.2) is 4.98 Å². The molecule has 3 aromatic rings. The SMILES string of the molecule is CC(Nc1nc2c(C3=CCCCC3)c[nH]c(=O)c2c2cc(Br)ccc12)C(C)(C)C. The van der Waals surface area contributed by atoms with Crippen LogP contribution in [0.3, 0.4) is 0 Å². The lowest BCUT2D eigenvalue weighted by molar-refractivity contribution is 0.359. The molecule has 0 amide bonds. The van der Waals surface area contributed by atoms with Crippen molar-refractivity contribution in [2.75, 3.05) is 5.32 Å². The molecule has 1 atom stereocenters. The van der Waals surface area contributed by atoms with E-state index >= 15 is 0 Å². The van der Waals surface area contributed by atoms with Crippen LogP contribution in [0.15, 0.2) is 39.7 Å². The van der Waals surface area contributed by atoms with Gasteiger partial charge in [0, 0.05) is 33.0 Å². The summed E-state index contributed by atoms with van der Waals surface area (Å²) < 4.78 is 0.953. The van der Waals surface area contributed by atoms with Crippen molar-refractivity contribution < 1.29 is 0 Å². The average Bonchev–Trinajstić information content (AvgIpc) is 2.67. The number of hydrogen-bond donors (Lipinski definition) is 2. The molecule has 0 aliphatic heterocycles. The van der Waals surface area contributed by atoms with Crippen molar-refractivity contribution in [2.24, 2.45) is 5.41 Å². The standard InChI is InChI=1S/C24H28BrN3O/c1-14(24(2,3)4)27-22-17-11-10-16(25)12-18(17)20-21(28-22)19(13-26-23(20)29)15-8-6-5-7-9-15/h8,10-14H,5-7,9H2,1-4H3,(H,26,29)(H,27,28). The monoisotopic (exact) mass is 453 g/mol. The van der Waals surface area contributed by atoms with E-state index in [1.807, 2.05) is 24.4 Å². The number of benzene rings is 1. The molecule has 5 heteroatoms. The van der Waals surface area contributed by atoms with Crippen molar-refractivity contribution in [3.8, 4) is 0 Å². The minimum Gasteiger partial charge on any atom is -0.367 e. The third kappa shape index (κ3) is 3.85. The van der Waals surface area contributed by atoms with Crippen LogP contribution in [0.4, 0.5) is 5.82 Å². The fraction of sp³-hybridized carbons (Fsp3) is 0.417. The first-order chi connectivity index (χ1) is 13.8. The van der Waals surface area contributed by atoms with Gasteiger partial charge in [-0.2, -0.15) is 0 Å². The van der Waals surface area contributed by atoms with Gasteiger partial charge >= 0.3 is 0 Å². The van der Waals surface area contributed by atoms with Crippen molar-refractivity contribution >= 4 is 49.0 Å². The molecule has 2 aromatic heterocycles. The van der Waals surface area contributed by atoms with E-state index in [1.165, 1.54) is 18.4 Å². The molecule has 1 unspecified atom stereocenters. The number of rotatable bonds is 3. The lowest BCUT2D eigenvalue weighted by atomic mass is 9.88. The molecule has 4 nitrogen and oxygen atoms in total. The van der Waals surface area contributed by atoms with Crippen LogP contribution in [0.25, 0.3) is 27.2 Å². The van der Waals surface area contributed by atoms with Gasteiger partial charge in [0.1, 0.15) is 5.82 Å². The molecule has 29 heavy (non-hydrogen) atoms. The second-order valence-electron chi connectivity index (χ2n) is 9.11. The first kappa shape index (κ1) is 20.1. The van der Waals surface area contributed by atoms with E-state index in [0.717, 1.165) is 45.0 Å². The molecule has 0 saturated carbocycles. The van der Waals surface area contributed by atoms with Crippen LogP contribution in [0.5, 0.6) is 0 Å². The summed E-state index contributed by atoms with van der Waals surface area (Å²) in [6.07, 6.45) is 8.66. The highest BCUT2D eigenvalue weighted by Gasteiger charge is 2.23. The van der Waals surface area contributed by atoms with Crippen LogP contribution in [-0.2, 0) is 0 Å². The number of nitrogens with one attached hydrogen (secondary N) is 2. The molecular formula is C24H28BrN3O. The van der Waals surface area contributed by atoms with Crippen LogP contribution in [-0.4, -0.2) is 16.0 Å². The second-order valence-corrected chi connectivity index (χ2v) is 10.0. The third-order valence-electron chi connectivity index (χ3n) is 6.09. The number of allylic oxidation sites excluding steroid dienone is 2. The van der Waals surface area contributed by atoms with Crippen molar-refractivity contribution in [1.29, 1.82) is 0 Å². The Kier molecular flexibility index (Phi) is 5.28. The number of halogens is 1. The molecule has 1 aliphatic carbocycles. The maximum atomic E-state index is 12.9. The second kappa shape index (κ2) is 7.60. The van der Waals surface area contributed by atoms with Crippen LogP contribution in [0, 0.1) is 5.41 Å². The average molecular weight is 454 g/mol. The lowest BCUT2D eigenvalue weighted by Gasteiger charge is -2.29. The lowest BCUT2D eigenvalue weighted by Crippen LogP contribution is -2.31. The molecule has 2 heterocycles. The fourth-order valence-electron chi connectivity index (χ4n) is 3.85. The van der Waals surface area contributed by atoms with Crippen molar-refractivity contribution in [3.63, 3.8) is 0 Å². The predicted molar refractivity (Wildman–Crippen MR) is 127 cm³/mol. The zero-order chi connectivity index (χ0) is 20.8. The minimum atomic E-state index is -0.0915. The Morgan fingerprint density at radius 1 is 1.21 bits per heavy atom. The Hall–Kier alpha value is -2.14. The summed E-state index contributed by atoms with van der Waals surface area (Å²) in [5.41, 5.74) is 3.12. The van der Waals surface area contributed by atoms with Crippen LogP contribution >= 0.6 is 15.9 Å². The molecule has 0 saturated heterocycles. The Morgan fingerprint density at radius 2 is 2.00 bits per heavy atom. The maximum absolute atomic E-state index is 12.9. The highest BCUT2D eigenvalue weighted by atomic mass is 79.9. The van der Waals surface area contributed by atoms with Crippen molar-refractivity contribution in [2.45, 2.75) is 59.4 Å². The van der Waals surface area contributed by atoms with Gasteiger partial charge in [0.15, 0.2) is 0 Å². The number of nitrogens with zero attached hydrogens (tertiary/aromatic N) is 1. The van der Waals surface area contributed by atoms with Gasteiger partial charge < -0.3 is 10.3 Å². The van der Waals surface area contributed by atoms with Crippen LogP contribution in [0.2, 0.25) is 0 Å². The summed E-state index contributed by atoms with van der Waals surface area (Å²) in [7, 11) is 0. The molecule has 2 N–H and O–H groups in total.